The number of aromatic nitrogens is 1. The van der Waals surface area contributed by atoms with E-state index < -0.39 is 0 Å². The summed E-state index contributed by atoms with van der Waals surface area (Å²) in [5.74, 6) is 0. The third kappa shape index (κ3) is 0.877. The summed E-state index contributed by atoms with van der Waals surface area (Å²) in [7, 11) is 0. The number of rotatable bonds is 0. The van der Waals surface area contributed by atoms with Crippen molar-refractivity contribution in [2.45, 2.75) is 0 Å². The Hall–Kier alpha value is -0.410. The maximum absolute atomic E-state index is 4.80. The Morgan fingerprint density at radius 2 is 2.12 bits per heavy atom. The van der Waals surface area contributed by atoms with Crippen molar-refractivity contribution in [3.63, 3.8) is 0 Å². The lowest BCUT2D eigenvalue weighted by Gasteiger charge is -1.61. The smallest absolute Gasteiger partial charge is 0.159 e. The molecule has 8 heavy (non-hydrogen) atoms. The summed E-state index contributed by atoms with van der Waals surface area (Å²) >= 11 is 6.26. The molecular formula is C5H5NS2. The molecule has 0 saturated heterocycles. The number of aromatic amines is 1. The molecule has 42 valence electrons. The minimum atomic E-state index is 0.750. The highest BCUT2D eigenvalue weighted by atomic mass is 32.1. The van der Waals surface area contributed by atoms with Crippen molar-refractivity contribution in [2.24, 2.45) is 0 Å². The van der Waals surface area contributed by atoms with Crippen molar-refractivity contribution >= 4 is 36.7 Å². The second-order valence-corrected chi connectivity index (χ2v) is 3.19. The minimum absolute atomic E-state index is 0.750. The van der Waals surface area contributed by atoms with E-state index in [4.69, 9.17) is 12.2 Å². The largest absolute Gasteiger partial charge is 0.337 e. The van der Waals surface area contributed by atoms with E-state index in [2.05, 4.69) is 18.1 Å². The van der Waals surface area contributed by atoms with Crippen molar-refractivity contribution in [1.29, 1.82) is 0 Å². The maximum Gasteiger partial charge on any atom is 0.159 e. The first-order valence-electron chi connectivity index (χ1n) is 2.07. The average Bonchev–Trinajstić information content (AvgIpc) is 1.85. The van der Waals surface area contributed by atoms with Crippen LogP contribution < -0.4 is 9.88 Å². The summed E-state index contributed by atoms with van der Waals surface area (Å²) in [6.45, 7) is 7.37. The van der Waals surface area contributed by atoms with Crippen molar-refractivity contribution in [1.82, 2.24) is 4.98 Å². The highest BCUT2D eigenvalue weighted by molar-refractivity contribution is 7.73. The van der Waals surface area contributed by atoms with Crippen LogP contribution in [0.1, 0.15) is 0 Å². The predicted octanol–water partition coefficient (Wildman–Crippen LogP) is 0.626. The van der Waals surface area contributed by atoms with Crippen LogP contribution in [0.5, 0.6) is 0 Å². The quantitative estimate of drug-likeness (QED) is 0.527. The Morgan fingerprint density at radius 3 is 2.25 bits per heavy atom. The lowest BCUT2D eigenvalue weighted by Crippen LogP contribution is -2.15. The van der Waals surface area contributed by atoms with E-state index in [1.54, 1.807) is 0 Å². The van der Waals surface area contributed by atoms with Crippen LogP contribution in [0.4, 0.5) is 0 Å². The first-order valence-corrected chi connectivity index (χ1v) is 3.29. The van der Waals surface area contributed by atoms with Gasteiger partial charge in [-0.3, -0.25) is 0 Å². The topological polar surface area (TPSA) is 15.8 Å². The van der Waals surface area contributed by atoms with Gasteiger partial charge in [-0.1, -0.05) is 13.2 Å². The van der Waals surface area contributed by atoms with E-state index in [0.29, 0.717) is 0 Å². The molecule has 0 bridgehead atoms. The van der Waals surface area contributed by atoms with Crippen molar-refractivity contribution < 1.29 is 0 Å². The van der Waals surface area contributed by atoms with Crippen LogP contribution in [0.15, 0.2) is 0 Å². The zero-order valence-corrected chi connectivity index (χ0v) is 5.86. The van der Waals surface area contributed by atoms with E-state index in [-0.39, 0.29) is 0 Å². The van der Waals surface area contributed by atoms with Gasteiger partial charge in [0.15, 0.2) is 3.95 Å². The summed E-state index contributed by atoms with van der Waals surface area (Å²) < 4.78 is 1.68. The SMILES string of the molecule is C=c1[nH]c(=S)sc1=C. The van der Waals surface area contributed by atoms with E-state index in [0.717, 1.165) is 13.8 Å². The van der Waals surface area contributed by atoms with Gasteiger partial charge in [0.2, 0.25) is 0 Å². The molecule has 0 radical (unpaired) electrons. The number of hydrogen-bond acceptors (Lipinski definition) is 2. The molecule has 0 spiro atoms. The summed E-state index contributed by atoms with van der Waals surface area (Å²) in [5, 5.41) is 0.833. The van der Waals surface area contributed by atoms with Gasteiger partial charge in [-0.15, -0.1) is 11.3 Å². The highest BCUT2D eigenvalue weighted by Crippen LogP contribution is 1.80. The lowest BCUT2D eigenvalue weighted by molar-refractivity contribution is 1.31. The van der Waals surface area contributed by atoms with Crippen molar-refractivity contribution in [3.8, 4) is 0 Å². The Kier molecular flexibility index (Phi) is 1.31. The van der Waals surface area contributed by atoms with Gasteiger partial charge >= 0.3 is 0 Å². The zero-order chi connectivity index (χ0) is 6.15. The predicted molar refractivity (Wildman–Crippen MR) is 39.8 cm³/mol. The Balaban J connectivity index is 3.86. The number of H-pyrrole nitrogens is 1. The maximum atomic E-state index is 4.80. The summed E-state index contributed by atoms with van der Waals surface area (Å²) in [5.41, 5.74) is 0. The van der Waals surface area contributed by atoms with E-state index >= 15 is 0 Å². The molecule has 1 heterocycles. The van der Waals surface area contributed by atoms with Gasteiger partial charge in [0, 0.05) is 9.88 Å². The fourth-order valence-electron chi connectivity index (χ4n) is 0.392. The second-order valence-electron chi connectivity index (χ2n) is 1.42. The summed E-state index contributed by atoms with van der Waals surface area (Å²) in [6, 6.07) is 0. The molecule has 0 unspecified atom stereocenters. The monoisotopic (exact) mass is 143 g/mol. The Bertz CT molecular complexity index is 288. The molecular weight excluding hydrogens is 138 g/mol. The second kappa shape index (κ2) is 1.84. The summed E-state index contributed by atoms with van der Waals surface area (Å²) in [6.07, 6.45) is 0. The van der Waals surface area contributed by atoms with Crippen molar-refractivity contribution in [2.75, 3.05) is 0 Å². The van der Waals surface area contributed by atoms with E-state index in [1.165, 1.54) is 11.3 Å². The first kappa shape index (κ1) is 5.72. The van der Waals surface area contributed by atoms with Gasteiger partial charge < -0.3 is 4.98 Å². The molecule has 0 amide bonds. The standard InChI is InChI=1S/C5H5NS2/c1-3-4(2)8-5(7)6-3/h1-2H2,(H,6,7). The molecule has 0 fully saturated rings. The van der Waals surface area contributed by atoms with Crippen LogP contribution in [0.3, 0.4) is 0 Å². The molecule has 0 aromatic carbocycles. The van der Waals surface area contributed by atoms with Gasteiger partial charge in [0.1, 0.15) is 0 Å². The molecule has 0 aliphatic carbocycles. The number of nitrogens with one attached hydrogen (secondary N) is 1. The average molecular weight is 143 g/mol. The molecule has 0 saturated carbocycles. The van der Waals surface area contributed by atoms with Crippen LogP contribution in [0.25, 0.3) is 13.2 Å². The summed E-state index contributed by atoms with van der Waals surface area (Å²) in [4.78, 5) is 2.87. The number of thiazole rings is 1. The van der Waals surface area contributed by atoms with E-state index in [9.17, 15) is 0 Å². The zero-order valence-electron chi connectivity index (χ0n) is 4.23. The Morgan fingerprint density at radius 1 is 1.50 bits per heavy atom. The Labute approximate surface area is 56.0 Å². The van der Waals surface area contributed by atoms with Gasteiger partial charge in [-0.05, 0) is 12.2 Å². The van der Waals surface area contributed by atoms with Gasteiger partial charge in [-0.2, -0.15) is 0 Å². The lowest BCUT2D eigenvalue weighted by atomic mass is 10.7. The third-order valence-electron chi connectivity index (χ3n) is 0.805. The minimum Gasteiger partial charge on any atom is -0.337 e. The number of hydrogen-bond donors (Lipinski definition) is 1. The molecule has 1 aromatic heterocycles. The molecule has 1 rings (SSSR count). The molecule has 1 N–H and O–H groups in total. The van der Waals surface area contributed by atoms with Crippen LogP contribution >= 0.6 is 23.6 Å². The van der Waals surface area contributed by atoms with Crippen LogP contribution in [0.2, 0.25) is 0 Å². The first-order chi connectivity index (χ1) is 3.70. The van der Waals surface area contributed by atoms with Crippen molar-refractivity contribution in [3.05, 3.63) is 13.8 Å². The van der Waals surface area contributed by atoms with Gasteiger partial charge in [-0.25, -0.2) is 0 Å². The fourth-order valence-corrected chi connectivity index (χ4v) is 1.39. The molecule has 0 aliphatic heterocycles. The molecule has 0 aliphatic rings. The molecule has 1 nitrogen and oxygen atoms in total. The molecule has 3 heteroatoms. The van der Waals surface area contributed by atoms with Crippen LogP contribution in [0, 0.1) is 3.95 Å². The van der Waals surface area contributed by atoms with E-state index in [1.807, 2.05) is 0 Å². The third-order valence-corrected chi connectivity index (χ3v) is 1.94. The fraction of sp³-hybridized carbons (Fsp3) is 0. The normalized spacial score (nSPS) is 9.50. The molecule has 1 aromatic rings. The highest BCUT2D eigenvalue weighted by Gasteiger charge is 1.79. The van der Waals surface area contributed by atoms with Crippen LogP contribution in [-0.4, -0.2) is 4.98 Å². The van der Waals surface area contributed by atoms with Gasteiger partial charge in [0.05, 0.1) is 0 Å². The van der Waals surface area contributed by atoms with Crippen LogP contribution in [-0.2, 0) is 0 Å². The van der Waals surface area contributed by atoms with Gasteiger partial charge in [0.25, 0.3) is 0 Å². The molecule has 0 atom stereocenters.